The van der Waals surface area contributed by atoms with Gasteiger partial charge in [0, 0.05) is 18.3 Å². The van der Waals surface area contributed by atoms with E-state index in [4.69, 9.17) is 18.3 Å². The second kappa shape index (κ2) is 14.6. The Morgan fingerprint density at radius 1 is 0.820 bits per heavy atom. The van der Waals surface area contributed by atoms with Gasteiger partial charge in [-0.25, -0.2) is 4.79 Å². The number of ether oxygens (including phenoxy) is 2. The fourth-order valence-electron chi connectivity index (χ4n) is 13.8. The summed E-state index contributed by atoms with van der Waals surface area (Å²) in [6, 6.07) is 21.5. The molecule has 2 aromatic heterocycles. The number of aromatic nitrogens is 2. The average molecular weight is 829 g/mol. The van der Waals surface area contributed by atoms with E-state index in [1.807, 2.05) is 90.6 Å². The topological polar surface area (TPSA) is 131 Å². The number of aryl methyl sites for hydroxylation is 1. The normalized spacial score (nSPS) is 36.8. The Kier molecular flexibility index (Phi) is 9.87. The highest BCUT2D eigenvalue weighted by Gasteiger charge is 2.72. The van der Waals surface area contributed by atoms with E-state index < -0.39 is 34.1 Å². The molecule has 5 aliphatic carbocycles. The summed E-state index contributed by atoms with van der Waals surface area (Å²) in [5.74, 6) is -1.31. The summed E-state index contributed by atoms with van der Waals surface area (Å²) in [7, 11) is 0. The average Bonchev–Trinajstić information content (AvgIpc) is 3.89. The smallest absolute Gasteiger partial charge is 0.457 e. The first-order valence-corrected chi connectivity index (χ1v) is 22.3. The highest BCUT2D eigenvalue weighted by atomic mass is 16.6. The van der Waals surface area contributed by atoms with Crippen LogP contribution in [-0.4, -0.2) is 27.5 Å². The number of allylic oxidation sites excluding steroid dienone is 2. The Balaban J connectivity index is 1.04. The van der Waals surface area contributed by atoms with Gasteiger partial charge in [0.2, 0.25) is 0 Å². The third kappa shape index (κ3) is 6.27. The van der Waals surface area contributed by atoms with Crippen LogP contribution in [0.25, 0.3) is 0 Å². The number of carbonyl (C=O) groups is 3. The molecule has 4 fully saturated rings. The van der Waals surface area contributed by atoms with E-state index in [1.165, 1.54) is 5.57 Å². The van der Waals surface area contributed by atoms with Crippen LogP contribution < -0.4 is 5.82 Å². The van der Waals surface area contributed by atoms with E-state index in [0.29, 0.717) is 12.8 Å². The van der Waals surface area contributed by atoms with Crippen molar-refractivity contribution >= 4 is 17.7 Å². The minimum absolute atomic E-state index is 0.0407. The molecule has 0 amide bonds. The van der Waals surface area contributed by atoms with Gasteiger partial charge in [-0.15, -0.1) is 0 Å². The molecule has 322 valence electrons. The molecular formula is C51H60N2O8. The Morgan fingerprint density at radius 2 is 1.49 bits per heavy atom. The number of nitrogens with zero attached hydrogens (tertiary/aromatic N) is 2. The lowest BCUT2D eigenvalue weighted by molar-refractivity contribution is -0.209. The molecule has 0 unspecified atom stereocenters. The van der Waals surface area contributed by atoms with Crippen LogP contribution in [0.15, 0.2) is 104 Å². The fourth-order valence-corrected chi connectivity index (χ4v) is 13.8. The van der Waals surface area contributed by atoms with Crippen LogP contribution in [0.2, 0.25) is 0 Å². The van der Waals surface area contributed by atoms with Crippen molar-refractivity contribution < 1.29 is 32.7 Å². The van der Waals surface area contributed by atoms with Crippen molar-refractivity contribution in [1.29, 1.82) is 0 Å². The van der Waals surface area contributed by atoms with E-state index in [9.17, 15) is 14.4 Å². The second-order valence-electron chi connectivity index (χ2n) is 20.7. The van der Waals surface area contributed by atoms with Crippen LogP contribution in [0.5, 0.6) is 0 Å². The summed E-state index contributed by atoms with van der Waals surface area (Å²) >= 11 is 0. The largest absolute Gasteiger partial charge is 0.519 e. The zero-order valence-corrected chi connectivity index (χ0v) is 36.7. The van der Waals surface area contributed by atoms with Crippen LogP contribution in [0.3, 0.4) is 0 Å². The van der Waals surface area contributed by atoms with Crippen LogP contribution in [-0.2, 0) is 30.5 Å². The van der Waals surface area contributed by atoms with E-state index in [-0.39, 0.29) is 69.9 Å². The number of ketones is 1. The predicted octanol–water partition coefficient (Wildman–Crippen LogP) is 10.3. The highest BCUT2D eigenvalue weighted by Crippen LogP contribution is 2.76. The van der Waals surface area contributed by atoms with Crippen LogP contribution in [0.1, 0.15) is 134 Å². The van der Waals surface area contributed by atoms with Gasteiger partial charge >= 0.3 is 17.8 Å². The maximum absolute atomic E-state index is 15.3. The van der Waals surface area contributed by atoms with Crippen molar-refractivity contribution in [2.24, 2.45) is 50.2 Å². The third-order valence-electron chi connectivity index (χ3n) is 17.6. The lowest BCUT2D eigenvalue weighted by Gasteiger charge is -2.70. The summed E-state index contributed by atoms with van der Waals surface area (Å²) in [5.41, 5.74) is 0.0328. The lowest BCUT2D eigenvalue weighted by atomic mass is 9.33. The molecule has 4 aromatic rings. The maximum Gasteiger partial charge on any atom is 0.519 e. The molecule has 2 aromatic carbocycles. The molecule has 0 spiro atoms. The Hall–Kier alpha value is -4.99. The molecule has 9 rings (SSSR count). The number of benzene rings is 2. The van der Waals surface area contributed by atoms with Gasteiger partial charge in [0.25, 0.3) is 0 Å². The second-order valence-corrected chi connectivity index (χ2v) is 20.7. The van der Waals surface area contributed by atoms with Crippen LogP contribution in [0, 0.1) is 57.2 Å². The van der Waals surface area contributed by atoms with Gasteiger partial charge in [0.1, 0.15) is 0 Å². The monoisotopic (exact) mass is 828 g/mol. The van der Waals surface area contributed by atoms with Crippen molar-refractivity contribution in [3.8, 4) is 0 Å². The molecule has 2 heterocycles. The van der Waals surface area contributed by atoms with E-state index >= 15 is 4.79 Å². The first kappa shape index (κ1) is 41.4. The predicted molar refractivity (Wildman–Crippen MR) is 228 cm³/mol. The van der Waals surface area contributed by atoms with Crippen LogP contribution >= 0.6 is 0 Å². The molecule has 10 atom stereocenters. The lowest BCUT2D eigenvalue weighted by Crippen LogP contribution is -2.67. The number of hydrogen-bond acceptors (Lipinski definition) is 9. The van der Waals surface area contributed by atoms with Gasteiger partial charge in [-0.3, -0.25) is 19.1 Å². The molecule has 10 nitrogen and oxygen atoms in total. The molecule has 61 heavy (non-hydrogen) atoms. The van der Waals surface area contributed by atoms with Gasteiger partial charge in [0.15, 0.2) is 30.0 Å². The van der Waals surface area contributed by atoms with Gasteiger partial charge < -0.3 is 18.3 Å². The van der Waals surface area contributed by atoms with E-state index in [0.717, 1.165) is 56.1 Å². The number of esters is 2. The summed E-state index contributed by atoms with van der Waals surface area (Å²) in [6.45, 7) is 14.8. The molecule has 0 saturated heterocycles. The standard InChI is InChI=1S/C51H60N2O8/c1-32-38(60-45(57)59-32)31-58-44(56)51(7)39-19-22-50(6)42(48(39,4)21-20-40(51)53-28-14-27-52-53)37(54)29-35-36-30-47(3,24-23-46(36,2)25-26-49(35,50)5)43(55)61-41(33-15-10-8-11-16-33)34-17-12-9-13-18-34/h8-18,27-29,36,39-42H,19-26,30-31H2,1-7H3/t36-,39+,40-,42+,46+,47-,48-,49+,50+,51-/m0/s1. The molecule has 0 radical (unpaired) electrons. The first-order valence-electron chi connectivity index (χ1n) is 22.3. The molecular weight excluding hydrogens is 769 g/mol. The number of hydrogen-bond donors (Lipinski definition) is 0. The van der Waals surface area contributed by atoms with Crippen molar-refractivity contribution in [2.75, 3.05) is 0 Å². The maximum atomic E-state index is 15.3. The van der Waals surface area contributed by atoms with Gasteiger partial charge in [-0.1, -0.05) is 93.9 Å². The summed E-state index contributed by atoms with van der Waals surface area (Å²) in [6.07, 6.45) is 12.2. The SMILES string of the molecule is Cc1oc(=O)oc1COC(=O)[C@]1(C)[C@@H](n2cccn2)CC[C@@]2(C)[C@H]1CC[C@]1(C)[C@@H]2C(=O)C=C2[C@@H]3C[C@@](C)(C(=O)OC(c4ccccc4)c4ccccc4)CC[C@]3(C)CC[C@]21C. The number of carbonyl (C=O) groups excluding carboxylic acids is 3. The van der Waals surface area contributed by atoms with Crippen molar-refractivity contribution in [3.05, 3.63) is 124 Å². The zero-order chi connectivity index (χ0) is 43.2. The molecule has 0 aliphatic heterocycles. The fraction of sp³-hybridized carbons (Fsp3) is 0.549. The molecule has 0 bridgehead atoms. The van der Waals surface area contributed by atoms with Gasteiger partial charge in [-0.05, 0) is 135 Å². The third-order valence-corrected chi connectivity index (χ3v) is 17.6. The van der Waals surface area contributed by atoms with Crippen molar-refractivity contribution in [2.45, 2.75) is 125 Å². The molecule has 0 N–H and O–H groups in total. The zero-order valence-electron chi connectivity index (χ0n) is 36.7. The van der Waals surface area contributed by atoms with Crippen molar-refractivity contribution in [1.82, 2.24) is 9.78 Å². The van der Waals surface area contributed by atoms with Crippen LogP contribution in [0.4, 0.5) is 0 Å². The summed E-state index contributed by atoms with van der Waals surface area (Å²) in [4.78, 5) is 56.5. The molecule has 4 saturated carbocycles. The molecule has 10 heteroatoms. The number of fused-ring (bicyclic) bond motifs is 7. The highest BCUT2D eigenvalue weighted by molar-refractivity contribution is 5.96. The minimum Gasteiger partial charge on any atom is -0.457 e. The van der Waals surface area contributed by atoms with Gasteiger partial charge in [0.05, 0.1) is 16.9 Å². The quantitative estimate of drug-likeness (QED) is 0.159. The van der Waals surface area contributed by atoms with E-state index in [1.54, 1.807) is 13.1 Å². The Morgan fingerprint density at radius 3 is 2.11 bits per heavy atom. The Labute approximate surface area is 358 Å². The number of rotatable bonds is 8. The molecule has 5 aliphatic rings. The van der Waals surface area contributed by atoms with Crippen molar-refractivity contribution in [3.63, 3.8) is 0 Å². The van der Waals surface area contributed by atoms with E-state index in [2.05, 4.69) is 39.7 Å². The summed E-state index contributed by atoms with van der Waals surface area (Å²) in [5, 5.41) is 4.63. The minimum atomic E-state index is -1.04. The first-order chi connectivity index (χ1) is 29.0. The van der Waals surface area contributed by atoms with Gasteiger partial charge in [-0.2, -0.15) is 5.10 Å². The summed E-state index contributed by atoms with van der Waals surface area (Å²) < 4.78 is 24.8. The Bertz CT molecular complexity index is 2380.